The van der Waals surface area contributed by atoms with Gasteiger partial charge in [-0.3, -0.25) is 9.59 Å². The van der Waals surface area contributed by atoms with Crippen molar-refractivity contribution in [3.8, 4) is 0 Å². The molecular weight excluding hydrogens is 431 g/mol. The first-order valence-electron chi connectivity index (χ1n) is 8.91. The van der Waals surface area contributed by atoms with Crippen LogP contribution < -0.4 is 0 Å². The first kappa shape index (κ1) is 23.6. The summed E-state index contributed by atoms with van der Waals surface area (Å²) in [5.74, 6) is -3.32. The first-order chi connectivity index (χ1) is 13.9. The van der Waals surface area contributed by atoms with E-state index in [0.29, 0.717) is 10.0 Å². The lowest BCUT2D eigenvalue weighted by Crippen LogP contribution is -2.39. The molecule has 0 aliphatic carbocycles. The number of halogens is 2. The van der Waals surface area contributed by atoms with Gasteiger partial charge in [-0.25, -0.2) is 19.4 Å². The van der Waals surface area contributed by atoms with Crippen molar-refractivity contribution >= 4 is 46.7 Å². The van der Waals surface area contributed by atoms with Crippen LogP contribution >= 0.6 is 23.2 Å². The SMILES string of the molecule is CC(C)(C(=O)OOC(=O)C(C)(C)C(=O)c1cccc(Cl)c1)C(=O)c1cccc(Cl)c1. The molecule has 6 nitrogen and oxygen atoms in total. The van der Waals surface area contributed by atoms with Gasteiger partial charge in [0.1, 0.15) is 10.8 Å². The van der Waals surface area contributed by atoms with Crippen molar-refractivity contribution in [2.45, 2.75) is 27.7 Å². The van der Waals surface area contributed by atoms with Crippen molar-refractivity contribution < 1.29 is 29.0 Å². The number of benzene rings is 2. The van der Waals surface area contributed by atoms with Crippen LogP contribution in [0.5, 0.6) is 0 Å². The molecular formula is C22H20Cl2O6. The second kappa shape index (κ2) is 8.98. The van der Waals surface area contributed by atoms with Gasteiger partial charge in [0.25, 0.3) is 0 Å². The molecule has 0 atom stereocenters. The lowest BCUT2D eigenvalue weighted by atomic mass is 9.84. The molecule has 0 N–H and O–H groups in total. The largest absolute Gasteiger partial charge is 0.368 e. The molecule has 2 rings (SSSR count). The van der Waals surface area contributed by atoms with Gasteiger partial charge in [0.05, 0.1) is 0 Å². The van der Waals surface area contributed by atoms with Crippen molar-refractivity contribution in [1.29, 1.82) is 0 Å². The van der Waals surface area contributed by atoms with E-state index in [4.69, 9.17) is 23.2 Å². The summed E-state index contributed by atoms with van der Waals surface area (Å²) in [7, 11) is 0. The van der Waals surface area contributed by atoms with E-state index in [1.54, 1.807) is 24.3 Å². The number of hydrogen-bond acceptors (Lipinski definition) is 6. The molecule has 0 saturated heterocycles. The van der Waals surface area contributed by atoms with Gasteiger partial charge in [0.15, 0.2) is 11.6 Å². The molecule has 0 unspecified atom stereocenters. The molecule has 0 heterocycles. The van der Waals surface area contributed by atoms with Crippen LogP contribution in [0.3, 0.4) is 0 Å². The molecule has 0 bridgehead atoms. The maximum absolute atomic E-state index is 12.7. The Hall–Kier alpha value is -2.70. The zero-order valence-corrected chi connectivity index (χ0v) is 18.3. The fourth-order valence-corrected chi connectivity index (χ4v) is 2.83. The monoisotopic (exact) mass is 450 g/mol. The third-order valence-corrected chi connectivity index (χ3v) is 4.99. The number of hydrogen-bond donors (Lipinski definition) is 0. The van der Waals surface area contributed by atoms with E-state index in [1.165, 1.54) is 52.0 Å². The van der Waals surface area contributed by atoms with E-state index < -0.39 is 34.3 Å². The van der Waals surface area contributed by atoms with Crippen molar-refractivity contribution in [2.75, 3.05) is 0 Å². The molecule has 0 aromatic heterocycles. The van der Waals surface area contributed by atoms with E-state index in [1.807, 2.05) is 0 Å². The second-order valence-corrected chi connectivity index (χ2v) is 8.54. The van der Waals surface area contributed by atoms with Gasteiger partial charge in [0.2, 0.25) is 0 Å². The van der Waals surface area contributed by atoms with Gasteiger partial charge in [0, 0.05) is 21.2 Å². The van der Waals surface area contributed by atoms with Crippen LogP contribution in [0.4, 0.5) is 0 Å². The average Bonchev–Trinajstić information content (AvgIpc) is 2.70. The Bertz CT molecular complexity index is 929. The minimum Gasteiger partial charge on any atom is -0.293 e. The fourth-order valence-electron chi connectivity index (χ4n) is 2.45. The highest BCUT2D eigenvalue weighted by Crippen LogP contribution is 2.28. The summed E-state index contributed by atoms with van der Waals surface area (Å²) in [4.78, 5) is 59.4. The lowest BCUT2D eigenvalue weighted by Gasteiger charge is -2.23. The molecule has 0 saturated carbocycles. The summed E-state index contributed by atoms with van der Waals surface area (Å²) >= 11 is 11.8. The van der Waals surface area contributed by atoms with Crippen molar-refractivity contribution in [3.63, 3.8) is 0 Å². The van der Waals surface area contributed by atoms with Crippen LogP contribution in [0, 0.1) is 10.8 Å². The minimum atomic E-state index is -1.66. The van der Waals surface area contributed by atoms with Crippen LogP contribution in [0.1, 0.15) is 48.4 Å². The van der Waals surface area contributed by atoms with Crippen molar-refractivity contribution in [3.05, 3.63) is 69.7 Å². The summed E-state index contributed by atoms with van der Waals surface area (Å²) in [6.45, 7) is 5.31. The molecule has 0 aliphatic heterocycles. The predicted molar refractivity (Wildman–Crippen MR) is 111 cm³/mol. The van der Waals surface area contributed by atoms with E-state index in [0.717, 1.165) is 0 Å². The average molecular weight is 451 g/mol. The second-order valence-electron chi connectivity index (χ2n) is 7.67. The molecule has 30 heavy (non-hydrogen) atoms. The molecule has 0 amide bonds. The summed E-state index contributed by atoms with van der Waals surface area (Å²) in [6, 6.07) is 12.1. The van der Waals surface area contributed by atoms with E-state index in [2.05, 4.69) is 9.78 Å². The Kier molecular flexibility index (Phi) is 7.06. The van der Waals surface area contributed by atoms with E-state index in [-0.39, 0.29) is 11.1 Å². The van der Waals surface area contributed by atoms with Crippen LogP contribution in [0.25, 0.3) is 0 Å². The maximum atomic E-state index is 12.7. The zero-order valence-electron chi connectivity index (χ0n) is 16.8. The number of rotatable bonds is 6. The lowest BCUT2D eigenvalue weighted by molar-refractivity contribution is -0.268. The van der Waals surface area contributed by atoms with Crippen molar-refractivity contribution in [2.24, 2.45) is 10.8 Å². The normalized spacial score (nSPS) is 11.5. The predicted octanol–water partition coefficient (Wildman–Crippen LogP) is 5.11. The highest BCUT2D eigenvalue weighted by Gasteiger charge is 2.43. The molecule has 8 heteroatoms. The highest BCUT2D eigenvalue weighted by molar-refractivity contribution is 6.31. The molecule has 2 aromatic rings. The van der Waals surface area contributed by atoms with Gasteiger partial charge >= 0.3 is 11.9 Å². The van der Waals surface area contributed by atoms with Crippen LogP contribution in [-0.4, -0.2) is 23.5 Å². The summed E-state index contributed by atoms with van der Waals surface area (Å²) < 4.78 is 0. The third kappa shape index (κ3) is 5.07. The number of Topliss-reactive ketones (excluding diaryl/α,β-unsaturated/α-hetero) is 2. The smallest absolute Gasteiger partial charge is 0.293 e. The Morgan fingerprint density at radius 2 is 1.00 bits per heavy atom. The molecule has 0 fully saturated rings. The summed E-state index contributed by atoms with van der Waals surface area (Å²) in [6.07, 6.45) is 0. The minimum absolute atomic E-state index is 0.201. The third-order valence-electron chi connectivity index (χ3n) is 4.52. The van der Waals surface area contributed by atoms with E-state index in [9.17, 15) is 19.2 Å². The Balaban J connectivity index is 2.09. The Morgan fingerprint density at radius 1 is 0.667 bits per heavy atom. The van der Waals surface area contributed by atoms with E-state index >= 15 is 0 Å². The number of carbonyl (C=O) groups is 4. The molecule has 0 radical (unpaired) electrons. The van der Waals surface area contributed by atoms with Crippen LogP contribution in [-0.2, 0) is 19.4 Å². The van der Waals surface area contributed by atoms with Gasteiger partial charge in [-0.15, -0.1) is 0 Å². The number of carbonyl (C=O) groups excluding carboxylic acids is 4. The highest BCUT2D eigenvalue weighted by atomic mass is 35.5. The van der Waals surface area contributed by atoms with Gasteiger partial charge < -0.3 is 0 Å². The first-order valence-corrected chi connectivity index (χ1v) is 9.67. The topological polar surface area (TPSA) is 86.7 Å². The summed E-state index contributed by atoms with van der Waals surface area (Å²) in [5.41, 5.74) is -2.92. The zero-order chi connectivity index (χ0) is 22.7. The standard InChI is InChI=1S/C22H20Cl2O6/c1-21(2,17(25)13-7-5-9-15(23)11-13)19(27)29-30-20(28)22(3,4)18(26)14-8-6-10-16(24)12-14/h5-12H,1-4H3. The van der Waals surface area contributed by atoms with Crippen LogP contribution in [0.2, 0.25) is 10.0 Å². The Labute approximate surface area is 184 Å². The Morgan fingerprint density at radius 3 is 1.30 bits per heavy atom. The molecule has 158 valence electrons. The fraction of sp³-hybridized carbons (Fsp3) is 0.273. The quantitative estimate of drug-likeness (QED) is 0.263. The molecule has 0 aliphatic rings. The number of ketones is 2. The molecule has 0 spiro atoms. The van der Waals surface area contributed by atoms with Gasteiger partial charge in [-0.1, -0.05) is 47.5 Å². The molecule has 2 aromatic carbocycles. The van der Waals surface area contributed by atoms with Crippen molar-refractivity contribution in [1.82, 2.24) is 0 Å². The van der Waals surface area contributed by atoms with Crippen LogP contribution in [0.15, 0.2) is 48.5 Å². The maximum Gasteiger partial charge on any atom is 0.368 e. The van der Waals surface area contributed by atoms with Gasteiger partial charge in [-0.05, 0) is 52.0 Å². The van der Waals surface area contributed by atoms with Gasteiger partial charge in [-0.2, -0.15) is 0 Å². The summed E-state index contributed by atoms with van der Waals surface area (Å²) in [5, 5.41) is 0.662.